The molecule has 1 unspecified atom stereocenters. The zero-order chi connectivity index (χ0) is 14.4. The molecule has 2 rings (SSSR count). The Morgan fingerprint density at radius 3 is 2.65 bits per heavy atom. The molecular weight excluding hydrogens is 330 g/mol. The Bertz CT molecular complexity index is 556. The molecule has 3 heteroatoms. The van der Waals surface area contributed by atoms with Crippen LogP contribution in [0, 0.1) is 0 Å². The normalized spacial score (nSPS) is 12.3. The van der Waals surface area contributed by atoms with E-state index in [0.717, 1.165) is 16.6 Å². The minimum absolute atomic E-state index is 0.380. The van der Waals surface area contributed by atoms with Crippen LogP contribution in [-0.2, 0) is 6.42 Å². The monoisotopic (exact) mass is 349 g/mol. The summed E-state index contributed by atoms with van der Waals surface area (Å²) >= 11 is 5.40. The molecule has 0 radical (unpaired) electrons. The van der Waals surface area contributed by atoms with Crippen LogP contribution < -0.4 is 5.32 Å². The molecule has 0 amide bonds. The molecule has 0 spiro atoms. The third kappa shape index (κ3) is 4.37. The lowest BCUT2D eigenvalue weighted by Crippen LogP contribution is -2.18. The Labute approximate surface area is 134 Å². The fourth-order valence-corrected chi connectivity index (χ4v) is 3.77. The first-order chi connectivity index (χ1) is 9.72. The summed E-state index contributed by atoms with van der Waals surface area (Å²) < 4.78 is 1.14. The van der Waals surface area contributed by atoms with E-state index in [2.05, 4.69) is 76.7 Å². The molecule has 0 aliphatic rings. The maximum atomic E-state index is 3.52. The number of hydrogen-bond donors (Lipinski definition) is 1. The van der Waals surface area contributed by atoms with Gasteiger partial charge in [0.1, 0.15) is 0 Å². The van der Waals surface area contributed by atoms with Crippen molar-refractivity contribution in [2.24, 2.45) is 0 Å². The summed E-state index contributed by atoms with van der Waals surface area (Å²) in [7, 11) is 2.03. The topological polar surface area (TPSA) is 12.0 Å². The minimum atomic E-state index is 0.380. The van der Waals surface area contributed by atoms with Crippen LogP contribution in [0.15, 0.2) is 57.9 Å². The highest BCUT2D eigenvalue weighted by molar-refractivity contribution is 9.10. The molecule has 1 atom stereocenters. The average Bonchev–Trinajstić information content (AvgIpc) is 2.48. The van der Waals surface area contributed by atoms with Gasteiger partial charge in [0.05, 0.1) is 0 Å². The smallest absolute Gasteiger partial charge is 0.0413 e. The lowest BCUT2D eigenvalue weighted by atomic mass is 10.0. The van der Waals surface area contributed by atoms with E-state index in [1.54, 1.807) is 0 Å². The largest absolute Gasteiger partial charge is 0.312 e. The van der Waals surface area contributed by atoms with Gasteiger partial charge in [0.15, 0.2) is 0 Å². The third-order valence-corrected chi connectivity index (χ3v) is 4.90. The number of aryl methyl sites for hydroxylation is 1. The molecule has 0 saturated carbocycles. The van der Waals surface area contributed by atoms with Crippen LogP contribution in [0.5, 0.6) is 0 Å². The summed E-state index contributed by atoms with van der Waals surface area (Å²) in [6.07, 6.45) is 1.09. The van der Waals surface area contributed by atoms with Crippen molar-refractivity contribution in [1.82, 2.24) is 5.32 Å². The average molecular weight is 350 g/mol. The van der Waals surface area contributed by atoms with Gasteiger partial charge in [0.2, 0.25) is 0 Å². The number of nitrogens with one attached hydrogen (secondary N) is 1. The highest BCUT2D eigenvalue weighted by Crippen LogP contribution is 2.27. The Hall–Kier alpha value is -0.770. The highest BCUT2D eigenvalue weighted by Gasteiger charge is 2.10. The second kappa shape index (κ2) is 7.87. The van der Waals surface area contributed by atoms with Gasteiger partial charge in [-0.3, -0.25) is 0 Å². The summed E-state index contributed by atoms with van der Waals surface area (Å²) in [5.74, 6) is 1.03. The van der Waals surface area contributed by atoms with Crippen molar-refractivity contribution >= 4 is 27.7 Å². The second-order valence-corrected chi connectivity index (χ2v) is 6.72. The SMILES string of the molecule is CCc1cccc(C(CSc2cccc(Br)c2)NC)c1. The number of hydrogen-bond acceptors (Lipinski definition) is 2. The van der Waals surface area contributed by atoms with E-state index >= 15 is 0 Å². The summed E-state index contributed by atoms with van der Waals surface area (Å²) in [6, 6.07) is 17.7. The van der Waals surface area contributed by atoms with Crippen molar-refractivity contribution in [3.8, 4) is 0 Å². The first kappa shape index (κ1) is 15.6. The van der Waals surface area contributed by atoms with E-state index in [9.17, 15) is 0 Å². The zero-order valence-electron chi connectivity index (χ0n) is 11.9. The van der Waals surface area contributed by atoms with E-state index in [0.29, 0.717) is 6.04 Å². The van der Waals surface area contributed by atoms with Crippen molar-refractivity contribution < 1.29 is 0 Å². The predicted molar refractivity (Wildman–Crippen MR) is 92.5 cm³/mol. The van der Waals surface area contributed by atoms with Crippen molar-refractivity contribution in [3.63, 3.8) is 0 Å². The molecule has 1 nitrogen and oxygen atoms in total. The van der Waals surface area contributed by atoms with Crippen LogP contribution in [0.4, 0.5) is 0 Å². The Kier molecular flexibility index (Phi) is 6.14. The molecule has 0 heterocycles. The zero-order valence-corrected chi connectivity index (χ0v) is 14.3. The number of thioether (sulfide) groups is 1. The third-order valence-electron chi connectivity index (χ3n) is 3.32. The molecule has 0 bridgehead atoms. The molecule has 0 fully saturated rings. The van der Waals surface area contributed by atoms with Crippen LogP contribution >= 0.6 is 27.7 Å². The van der Waals surface area contributed by atoms with E-state index in [1.165, 1.54) is 16.0 Å². The van der Waals surface area contributed by atoms with Crippen LogP contribution in [-0.4, -0.2) is 12.8 Å². The molecule has 0 aromatic heterocycles. The summed E-state index contributed by atoms with van der Waals surface area (Å²) in [5, 5.41) is 3.42. The van der Waals surface area contributed by atoms with E-state index < -0.39 is 0 Å². The van der Waals surface area contributed by atoms with Gasteiger partial charge in [-0.2, -0.15) is 0 Å². The lowest BCUT2D eigenvalue weighted by Gasteiger charge is -2.17. The van der Waals surface area contributed by atoms with Crippen LogP contribution in [0.1, 0.15) is 24.1 Å². The maximum Gasteiger partial charge on any atom is 0.0413 e. The van der Waals surface area contributed by atoms with Gasteiger partial charge in [-0.15, -0.1) is 11.8 Å². The van der Waals surface area contributed by atoms with Crippen LogP contribution in [0.2, 0.25) is 0 Å². The quantitative estimate of drug-likeness (QED) is 0.731. The highest BCUT2D eigenvalue weighted by atomic mass is 79.9. The first-order valence-corrected chi connectivity index (χ1v) is 8.65. The van der Waals surface area contributed by atoms with Gasteiger partial charge < -0.3 is 5.32 Å². The fourth-order valence-electron chi connectivity index (χ4n) is 2.11. The summed E-state index contributed by atoms with van der Waals surface area (Å²) in [4.78, 5) is 1.30. The predicted octanol–water partition coefficient (Wildman–Crippen LogP) is 5.06. The van der Waals surface area contributed by atoms with Gasteiger partial charge in [-0.1, -0.05) is 53.2 Å². The Balaban J connectivity index is 2.05. The van der Waals surface area contributed by atoms with Crippen molar-refractivity contribution in [2.45, 2.75) is 24.3 Å². The molecule has 106 valence electrons. The van der Waals surface area contributed by atoms with Gasteiger partial charge in [0, 0.05) is 21.2 Å². The maximum absolute atomic E-state index is 3.52. The van der Waals surface area contributed by atoms with E-state index in [1.807, 2.05) is 18.8 Å². The molecule has 0 aliphatic heterocycles. The first-order valence-electron chi connectivity index (χ1n) is 6.87. The second-order valence-electron chi connectivity index (χ2n) is 4.71. The molecule has 20 heavy (non-hydrogen) atoms. The molecule has 0 aliphatic carbocycles. The molecule has 2 aromatic carbocycles. The number of rotatable bonds is 6. The molecule has 0 saturated heterocycles. The van der Waals surface area contributed by atoms with Crippen LogP contribution in [0.25, 0.3) is 0 Å². The summed E-state index contributed by atoms with van der Waals surface area (Å²) in [6.45, 7) is 2.20. The minimum Gasteiger partial charge on any atom is -0.312 e. The number of benzene rings is 2. The van der Waals surface area contributed by atoms with Gasteiger partial charge in [-0.25, -0.2) is 0 Å². The molecule has 1 N–H and O–H groups in total. The number of halogens is 1. The fraction of sp³-hybridized carbons (Fsp3) is 0.294. The molecule has 2 aromatic rings. The summed E-state index contributed by atoms with van der Waals surface area (Å²) in [5.41, 5.74) is 2.77. The van der Waals surface area contributed by atoms with Crippen molar-refractivity contribution in [3.05, 3.63) is 64.1 Å². The standard InChI is InChI=1S/C17H20BrNS/c1-3-13-6-4-7-14(10-13)17(19-2)12-20-16-9-5-8-15(18)11-16/h4-11,17,19H,3,12H2,1-2H3. The Morgan fingerprint density at radius 1 is 1.15 bits per heavy atom. The molecular formula is C17H20BrNS. The lowest BCUT2D eigenvalue weighted by molar-refractivity contribution is 0.661. The Morgan fingerprint density at radius 2 is 1.95 bits per heavy atom. The van der Waals surface area contributed by atoms with E-state index in [-0.39, 0.29) is 0 Å². The van der Waals surface area contributed by atoms with Crippen molar-refractivity contribution in [1.29, 1.82) is 0 Å². The van der Waals surface area contributed by atoms with Gasteiger partial charge in [0.25, 0.3) is 0 Å². The van der Waals surface area contributed by atoms with E-state index in [4.69, 9.17) is 0 Å². The van der Waals surface area contributed by atoms with Crippen LogP contribution in [0.3, 0.4) is 0 Å². The van der Waals surface area contributed by atoms with Crippen molar-refractivity contribution in [2.75, 3.05) is 12.8 Å². The van der Waals surface area contributed by atoms with Gasteiger partial charge in [-0.05, 0) is 42.8 Å². The van der Waals surface area contributed by atoms with Gasteiger partial charge >= 0.3 is 0 Å².